The number of pyridine rings is 1. The summed E-state index contributed by atoms with van der Waals surface area (Å²) in [6.07, 6.45) is 7.17. The maximum absolute atomic E-state index is 13.6. The van der Waals surface area contributed by atoms with Gasteiger partial charge in [0.25, 0.3) is 0 Å². The van der Waals surface area contributed by atoms with Crippen molar-refractivity contribution in [2.24, 2.45) is 0 Å². The van der Waals surface area contributed by atoms with Gasteiger partial charge in [-0.25, -0.2) is 0 Å². The van der Waals surface area contributed by atoms with Crippen LogP contribution in [0.2, 0.25) is 13.3 Å². The molecule has 0 unspecified atom stereocenters. The number of aromatic nitrogens is 1. The summed E-state index contributed by atoms with van der Waals surface area (Å²) in [4.78, 5) is 4.31. The van der Waals surface area contributed by atoms with E-state index in [-0.39, 0.29) is 5.95 Å². The van der Waals surface area contributed by atoms with Gasteiger partial charge in [-0.1, -0.05) is 0 Å². The van der Waals surface area contributed by atoms with E-state index in [9.17, 15) is 4.39 Å². The zero-order chi connectivity index (χ0) is 14.8. The van der Waals surface area contributed by atoms with Gasteiger partial charge in [0, 0.05) is 0 Å². The summed E-state index contributed by atoms with van der Waals surface area (Å²) in [6.45, 7) is 8.49. The minimum absolute atomic E-state index is 0.300. The molecule has 0 saturated carbocycles. The summed E-state index contributed by atoms with van der Waals surface area (Å²) in [5, 5.41) is 0. The summed E-state index contributed by atoms with van der Waals surface area (Å²) in [7, 11) is 0. The number of hydrogen-bond acceptors (Lipinski definition) is 1. The monoisotopic (exact) mass is 386 g/mol. The van der Waals surface area contributed by atoms with E-state index in [0.717, 1.165) is 10.1 Å². The van der Waals surface area contributed by atoms with Gasteiger partial charge in [-0.05, 0) is 0 Å². The van der Waals surface area contributed by atoms with Crippen molar-refractivity contribution in [2.75, 3.05) is 0 Å². The van der Waals surface area contributed by atoms with Gasteiger partial charge in [0.2, 0.25) is 0 Å². The van der Waals surface area contributed by atoms with Gasteiger partial charge in [0.05, 0.1) is 0 Å². The predicted molar refractivity (Wildman–Crippen MR) is 88.4 cm³/mol. The van der Waals surface area contributed by atoms with Gasteiger partial charge in [-0.15, -0.1) is 0 Å². The third-order valence-electron chi connectivity index (χ3n) is 4.18. The molecule has 3 heteroatoms. The third-order valence-corrected chi connectivity index (χ3v) is 19.3. The average Bonchev–Trinajstić information content (AvgIpc) is 2.47. The fraction of sp³-hybridized carbons (Fsp3) is 0.647. The van der Waals surface area contributed by atoms with Gasteiger partial charge < -0.3 is 0 Å². The van der Waals surface area contributed by atoms with Crippen LogP contribution in [0.15, 0.2) is 18.2 Å². The second-order valence-electron chi connectivity index (χ2n) is 5.79. The molecule has 1 rings (SSSR count). The molecule has 1 heterocycles. The Labute approximate surface area is 128 Å². The van der Waals surface area contributed by atoms with Crippen LogP contribution in [0.3, 0.4) is 0 Å². The van der Waals surface area contributed by atoms with Gasteiger partial charge >= 0.3 is 128 Å². The van der Waals surface area contributed by atoms with Crippen LogP contribution < -0.4 is 3.71 Å². The van der Waals surface area contributed by atoms with E-state index < -0.39 is 18.4 Å². The molecule has 0 radical (unpaired) electrons. The summed E-state index contributed by atoms with van der Waals surface area (Å²) < 4.78 is 18.7. The van der Waals surface area contributed by atoms with Crippen LogP contribution in [0, 0.1) is 12.9 Å². The van der Waals surface area contributed by atoms with Crippen molar-refractivity contribution in [1.82, 2.24) is 4.98 Å². The Kier molecular flexibility index (Phi) is 8.58. The zero-order valence-electron chi connectivity index (χ0n) is 13.1. The molecule has 112 valence electrons. The SMILES string of the molecule is [CH2+]CC[CH2][Sn]([CH2]CCC)([CH2]CCC)[c]1cccc(F)n1. The standard InChI is InChI=1S/C5H3FN.2C4H9.C4H8.Sn/c6-5-3-1-2-4-7-5;3*1-3-4-2;/h1-3H;2*1,3-4H2,2H3;1-4H2;/q;;;+1;. The third kappa shape index (κ3) is 5.27. The van der Waals surface area contributed by atoms with Crippen molar-refractivity contribution >= 4 is 22.1 Å². The molecular weight excluding hydrogens is 356 g/mol. The molecule has 0 atom stereocenters. The van der Waals surface area contributed by atoms with Crippen molar-refractivity contribution in [1.29, 1.82) is 0 Å². The van der Waals surface area contributed by atoms with Gasteiger partial charge in [0.1, 0.15) is 0 Å². The first-order chi connectivity index (χ1) is 9.68. The van der Waals surface area contributed by atoms with Crippen molar-refractivity contribution in [3.05, 3.63) is 31.1 Å². The number of rotatable bonds is 10. The van der Waals surface area contributed by atoms with Crippen molar-refractivity contribution in [3.63, 3.8) is 0 Å². The second kappa shape index (κ2) is 9.64. The van der Waals surface area contributed by atoms with Crippen LogP contribution >= 0.6 is 0 Å². The molecule has 0 aromatic carbocycles. The molecule has 0 saturated heterocycles. The van der Waals surface area contributed by atoms with E-state index in [0.29, 0.717) is 0 Å². The molecule has 0 aliphatic rings. The van der Waals surface area contributed by atoms with E-state index >= 15 is 0 Å². The fourth-order valence-corrected chi connectivity index (χ4v) is 18.1. The van der Waals surface area contributed by atoms with E-state index in [2.05, 4.69) is 31.8 Å². The predicted octanol–water partition coefficient (Wildman–Crippen LogP) is 5.09. The minimum atomic E-state index is -2.53. The van der Waals surface area contributed by atoms with Crippen LogP contribution in [0.5, 0.6) is 0 Å². The normalized spacial score (nSPS) is 11.8. The molecule has 1 aromatic rings. The molecule has 0 N–H and O–H groups in total. The molecule has 20 heavy (non-hydrogen) atoms. The fourth-order valence-electron chi connectivity index (χ4n) is 2.96. The average molecular weight is 385 g/mol. The maximum atomic E-state index is 13.6. The van der Waals surface area contributed by atoms with Crippen molar-refractivity contribution in [3.8, 4) is 0 Å². The van der Waals surface area contributed by atoms with E-state index in [1.165, 1.54) is 51.5 Å². The number of unbranched alkanes of at least 4 members (excludes halogenated alkanes) is 3. The molecule has 1 aromatic heterocycles. The Balaban J connectivity index is 3.04. The summed E-state index contributed by atoms with van der Waals surface area (Å²) in [6, 6.07) is 5.43. The number of nitrogens with zero attached hydrogens (tertiary/aromatic N) is 1. The summed E-state index contributed by atoms with van der Waals surface area (Å²) >= 11 is -2.53. The van der Waals surface area contributed by atoms with E-state index in [1.54, 1.807) is 0 Å². The zero-order valence-corrected chi connectivity index (χ0v) is 16.0. The Bertz CT molecular complexity index is 359. The first-order valence-electron chi connectivity index (χ1n) is 8.11. The molecule has 0 aliphatic heterocycles. The first-order valence-corrected chi connectivity index (χ1v) is 15.6. The van der Waals surface area contributed by atoms with Crippen LogP contribution in [0.25, 0.3) is 0 Å². The van der Waals surface area contributed by atoms with Crippen LogP contribution in [0.1, 0.15) is 52.4 Å². The molecule has 0 bridgehead atoms. The van der Waals surface area contributed by atoms with E-state index in [1.807, 2.05) is 6.07 Å². The molecular formula is C17H29FNSn+. The molecule has 0 fully saturated rings. The topological polar surface area (TPSA) is 12.9 Å². The van der Waals surface area contributed by atoms with Crippen LogP contribution in [-0.2, 0) is 0 Å². The first kappa shape index (κ1) is 17.8. The Morgan fingerprint density at radius 2 is 1.65 bits per heavy atom. The number of halogens is 1. The molecule has 0 spiro atoms. The van der Waals surface area contributed by atoms with Gasteiger partial charge in [0.15, 0.2) is 0 Å². The van der Waals surface area contributed by atoms with Crippen molar-refractivity contribution < 1.29 is 4.39 Å². The quantitative estimate of drug-likeness (QED) is 0.311. The molecule has 0 amide bonds. The second-order valence-corrected chi connectivity index (χ2v) is 18.8. The van der Waals surface area contributed by atoms with Crippen LogP contribution in [0.4, 0.5) is 4.39 Å². The number of hydrogen-bond donors (Lipinski definition) is 0. The van der Waals surface area contributed by atoms with E-state index in [4.69, 9.17) is 0 Å². The van der Waals surface area contributed by atoms with Crippen molar-refractivity contribution in [2.45, 2.75) is 65.7 Å². The summed E-state index contributed by atoms with van der Waals surface area (Å²) in [5.41, 5.74) is 0. The summed E-state index contributed by atoms with van der Waals surface area (Å²) in [5.74, 6) is -0.300. The van der Waals surface area contributed by atoms with Gasteiger partial charge in [-0.2, -0.15) is 0 Å². The molecule has 0 aliphatic carbocycles. The Hall–Kier alpha value is -0.251. The van der Waals surface area contributed by atoms with Gasteiger partial charge in [-0.3, -0.25) is 0 Å². The Morgan fingerprint density at radius 3 is 2.15 bits per heavy atom. The van der Waals surface area contributed by atoms with Crippen LogP contribution in [-0.4, -0.2) is 23.4 Å². The Morgan fingerprint density at radius 1 is 1.05 bits per heavy atom. The molecule has 1 nitrogen and oxygen atoms in total.